The van der Waals surface area contributed by atoms with E-state index in [1.54, 1.807) is 18.9 Å². The summed E-state index contributed by atoms with van der Waals surface area (Å²) in [6.45, 7) is 3.68. The molecule has 17 heteroatoms. The molecule has 17 nitrogen and oxygen atoms in total. The number of aliphatic hydroxyl groups is 1. The minimum absolute atomic E-state index is 0.0583. The Morgan fingerprint density at radius 1 is 0.923 bits per heavy atom. The van der Waals surface area contributed by atoms with Gasteiger partial charge in [0.25, 0.3) is 5.91 Å². The lowest BCUT2D eigenvalue weighted by Gasteiger charge is -2.36. The number of amides is 3. The maximum Gasteiger partial charge on any atom is 0.407 e. The molecule has 1 unspecified atom stereocenters. The van der Waals surface area contributed by atoms with Gasteiger partial charge in [-0.3, -0.25) is 9.69 Å². The van der Waals surface area contributed by atoms with Crippen molar-refractivity contribution < 1.29 is 43.2 Å². The highest BCUT2D eigenvalue weighted by molar-refractivity contribution is 6.07. The lowest BCUT2D eigenvalue weighted by atomic mass is 9.92. The average molecular weight is 887 g/mol. The largest absolute Gasteiger partial charge is 0.488 e. The number of benzene rings is 4. The maximum atomic E-state index is 14.4. The number of hydrogen-bond donors (Lipinski definition) is 5. The van der Waals surface area contributed by atoms with E-state index in [0.29, 0.717) is 44.1 Å². The number of ether oxygens (including phenoxy) is 5. The zero-order valence-electron chi connectivity index (χ0n) is 37.0. The Morgan fingerprint density at radius 3 is 2.49 bits per heavy atom. The molecule has 5 heterocycles. The fourth-order valence-corrected chi connectivity index (χ4v) is 9.72. The Kier molecular flexibility index (Phi) is 12.5. The van der Waals surface area contributed by atoms with Crippen molar-refractivity contribution in [2.75, 3.05) is 48.1 Å². The topological polar surface area (TPSA) is 205 Å². The van der Waals surface area contributed by atoms with Gasteiger partial charge in [0.05, 0.1) is 68.0 Å². The SMILES string of the molecule is COC[C@H]1C[C@@H](c2nc3c(ccc4cc5c(cc43)OCc3cc(-c4cnc([C@@H]6CCCN6C(O)[C@@H](NC(=O)OC)[C@@H](C)OC)[nH]4)ccc3-5)[nH]2)N(C(=O)[C@H](NC(=O)OC)c2ccccc2)C1. The minimum Gasteiger partial charge on any atom is -0.488 e. The Bertz CT molecular complexity index is 2710. The van der Waals surface area contributed by atoms with Crippen LogP contribution in [0.1, 0.15) is 67.1 Å². The van der Waals surface area contributed by atoms with Gasteiger partial charge in [-0.25, -0.2) is 19.6 Å². The first-order valence-electron chi connectivity index (χ1n) is 21.9. The van der Waals surface area contributed by atoms with Gasteiger partial charge in [0, 0.05) is 44.2 Å². The van der Waals surface area contributed by atoms with E-state index in [9.17, 15) is 19.5 Å². The highest BCUT2D eigenvalue weighted by atomic mass is 16.5. The molecule has 0 saturated carbocycles. The van der Waals surface area contributed by atoms with Crippen LogP contribution in [0.15, 0.2) is 79.0 Å². The predicted molar refractivity (Wildman–Crippen MR) is 241 cm³/mol. The van der Waals surface area contributed by atoms with Gasteiger partial charge in [0.2, 0.25) is 0 Å². The fraction of sp³-hybridized carbons (Fsp3) is 0.396. The zero-order valence-corrected chi connectivity index (χ0v) is 37.0. The van der Waals surface area contributed by atoms with E-state index in [4.69, 9.17) is 33.7 Å². The first kappa shape index (κ1) is 43.7. The lowest BCUT2D eigenvalue weighted by Crippen LogP contribution is -2.56. The number of imidazole rings is 2. The van der Waals surface area contributed by atoms with Crippen molar-refractivity contribution in [3.05, 3.63) is 102 Å². The summed E-state index contributed by atoms with van der Waals surface area (Å²) in [5.41, 5.74) is 7.11. The molecule has 0 radical (unpaired) electrons. The normalized spacial score (nSPS) is 20.1. The van der Waals surface area contributed by atoms with Crippen molar-refractivity contribution in [2.45, 2.75) is 69.3 Å². The van der Waals surface area contributed by atoms with Crippen molar-refractivity contribution in [3.8, 4) is 28.1 Å². The molecule has 0 bridgehead atoms. The first-order chi connectivity index (χ1) is 31.6. The van der Waals surface area contributed by atoms with E-state index in [2.05, 4.69) is 50.9 Å². The molecule has 340 valence electrons. The molecule has 2 saturated heterocycles. The average Bonchev–Trinajstić information content (AvgIpc) is 4.18. The van der Waals surface area contributed by atoms with E-state index < -0.39 is 42.6 Å². The number of aromatic amines is 2. The summed E-state index contributed by atoms with van der Waals surface area (Å²) in [7, 11) is 5.76. The molecule has 65 heavy (non-hydrogen) atoms. The summed E-state index contributed by atoms with van der Waals surface area (Å²) in [6.07, 6.45) is 1.23. The molecular weight excluding hydrogens is 833 g/mol. The highest BCUT2D eigenvalue weighted by Gasteiger charge is 2.42. The molecule has 3 aliphatic heterocycles. The number of H-pyrrole nitrogens is 2. The van der Waals surface area contributed by atoms with Crippen LogP contribution >= 0.6 is 0 Å². The Hall–Kier alpha value is -6.53. The van der Waals surface area contributed by atoms with Crippen molar-refractivity contribution in [3.63, 3.8) is 0 Å². The van der Waals surface area contributed by atoms with Gasteiger partial charge in [-0.1, -0.05) is 48.5 Å². The third-order valence-corrected chi connectivity index (χ3v) is 13.1. The molecule has 9 rings (SSSR count). The van der Waals surface area contributed by atoms with Gasteiger partial charge in [-0.05, 0) is 78.1 Å². The van der Waals surface area contributed by atoms with E-state index >= 15 is 0 Å². The molecule has 4 aromatic carbocycles. The van der Waals surface area contributed by atoms with Gasteiger partial charge in [-0.2, -0.15) is 0 Å². The molecule has 7 atom stereocenters. The molecule has 0 spiro atoms. The van der Waals surface area contributed by atoms with Crippen LogP contribution in [0, 0.1) is 5.92 Å². The van der Waals surface area contributed by atoms with Gasteiger partial charge in [0.1, 0.15) is 36.3 Å². The van der Waals surface area contributed by atoms with E-state index in [-0.39, 0.29) is 17.9 Å². The van der Waals surface area contributed by atoms with Gasteiger partial charge < -0.3 is 54.3 Å². The van der Waals surface area contributed by atoms with Crippen molar-refractivity contribution in [2.24, 2.45) is 5.92 Å². The summed E-state index contributed by atoms with van der Waals surface area (Å²) >= 11 is 0. The zero-order chi connectivity index (χ0) is 45.4. The van der Waals surface area contributed by atoms with Gasteiger partial charge in [-0.15, -0.1) is 0 Å². The van der Waals surface area contributed by atoms with Crippen LogP contribution in [0.4, 0.5) is 9.59 Å². The number of rotatable bonds is 13. The van der Waals surface area contributed by atoms with E-state index in [1.165, 1.54) is 21.3 Å². The second-order valence-corrected chi connectivity index (χ2v) is 17.0. The summed E-state index contributed by atoms with van der Waals surface area (Å²) in [5, 5.41) is 18.9. The van der Waals surface area contributed by atoms with Crippen molar-refractivity contribution in [1.82, 2.24) is 40.4 Å². The van der Waals surface area contributed by atoms with Crippen molar-refractivity contribution >= 4 is 39.9 Å². The molecule has 2 fully saturated rings. The Labute approximate surface area is 375 Å². The quantitative estimate of drug-likeness (QED) is 0.0842. The summed E-state index contributed by atoms with van der Waals surface area (Å²) < 4.78 is 27.2. The van der Waals surface area contributed by atoms with E-state index in [1.807, 2.05) is 53.6 Å². The smallest absolute Gasteiger partial charge is 0.407 e. The lowest BCUT2D eigenvalue weighted by molar-refractivity contribution is -0.134. The van der Waals surface area contributed by atoms with Crippen molar-refractivity contribution in [1.29, 1.82) is 0 Å². The molecule has 3 aliphatic rings. The number of hydrogen-bond acceptors (Lipinski definition) is 12. The van der Waals surface area contributed by atoms with Crippen LogP contribution in [0.2, 0.25) is 0 Å². The fourth-order valence-electron chi connectivity index (χ4n) is 9.72. The van der Waals surface area contributed by atoms with Crippen LogP contribution in [0.25, 0.3) is 44.2 Å². The number of carbonyl (C=O) groups excluding carboxylic acids is 3. The number of methoxy groups -OCH3 is 4. The maximum absolute atomic E-state index is 14.4. The minimum atomic E-state index is -1.04. The van der Waals surface area contributed by atoms with Gasteiger partial charge in [0.15, 0.2) is 0 Å². The Balaban J connectivity index is 0.973. The summed E-state index contributed by atoms with van der Waals surface area (Å²) in [4.78, 5) is 59.7. The molecular formula is C48H54N8O9. The molecule has 3 amide bonds. The highest BCUT2D eigenvalue weighted by Crippen LogP contribution is 2.44. The summed E-state index contributed by atoms with van der Waals surface area (Å²) in [6, 6.07) is 21.5. The predicted octanol–water partition coefficient (Wildman–Crippen LogP) is 6.51. The van der Waals surface area contributed by atoms with Crippen LogP contribution < -0.4 is 15.4 Å². The van der Waals surface area contributed by atoms with Crippen LogP contribution in [0.3, 0.4) is 0 Å². The second kappa shape index (κ2) is 18.5. The first-order valence-corrected chi connectivity index (χ1v) is 21.9. The van der Waals surface area contributed by atoms with Crippen LogP contribution in [0.5, 0.6) is 5.75 Å². The van der Waals surface area contributed by atoms with Gasteiger partial charge >= 0.3 is 12.2 Å². The number of carbonyl (C=O) groups is 3. The van der Waals surface area contributed by atoms with Crippen LogP contribution in [-0.2, 0) is 30.3 Å². The summed E-state index contributed by atoms with van der Waals surface area (Å²) in [5.74, 6) is 1.92. The van der Waals surface area contributed by atoms with Crippen LogP contribution in [-0.4, -0.2) is 119 Å². The number of nitrogens with one attached hydrogen (secondary N) is 4. The molecule has 6 aromatic rings. The monoisotopic (exact) mass is 886 g/mol. The Morgan fingerprint density at radius 2 is 1.72 bits per heavy atom. The molecule has 2 aromatic heterocycles. The number of fused-ring (bicyclic) bond motifs is 6. The third-order valence-electron chi connectivity index (χ3n) is 13.1. The molecule has 0 aliphatic carbocycles. The number of nitrogens with zero attached hydrogens (tertiary/aromatic N) is 4. The standard InChI is InChI=1S/C48H54N8O9/c1-26(62-3)40(53-47(59)63-4)45(57)55-17-9-12-37(55)43-49-22-36(51-43)30-13-15-32-31(19-30)25-65-39-21-33-29(20-34(32)39)14-16-35-42(33)52-44(50-35)38-18-27(24-61-2)23-56(38)46(58)41(54-48(60)64-5)28-10-7-6-8-11-28/h6-8,10-11,13-16,19-22,26-27,37-38,40-41,45,57H,9,12,17-18,23-25H2,1-5H3,(H,49,51)(H,50,52)(H,53,59)(H,54,60)/t26-,27+,37+,38+,40+,41-,45?/m1/s1. The third kappa shape index (κ3) is 8.47. The molecule has 5 N–H and O–H groups in total. The number of aliphatic hydroxyl groups excluding tert-OH is 1. The van der Waals surface area contributed by atoms with E-state index in [0.717, 1.165) is 74.2 Å². The number of alkyl carbamates (subject to hydrolysis) is 2. The number of likely N-dealkylation sites (tertiary alicyclic amines) is 2. The number of aromatic nitrogens is 4. The second-order valence-electron chi connectivity index (χ2n) is 17.0.